The van der Waals surface area contributed by atoms with Crippen molar-refractivity contribution in [3.63, 3.8) is 0 Å². The molecule has 4 N–H and O–H groups in total. The maximum Gasteiger partial charge on any atom is 0.337 e. The first-order valence-electron chi connectivity index (χ1n) is 20.7. The van der Waals surface area contributed by atoms with E-state index in [1.165, 1.54) is 43.5 Å². The number of aromatic nitrogens is 1. The summed E-state index contributed by atoms with van der Waals surface area (Å²) in [6.45, 7) is 19.6. The number of hydrogen-bond donors (Lipinski definition) is 4. The molecule has 292 valence electrons. The number of carboxylic acids is 1. The molecule has 0 saturated heterocycles. The number of nitrogens with one attached hydrogen (secondary N) is 2. The molecule has 5 aliphatic rings. The average molecular weight is 738 g/mol. The fraction of sp³-hybridized carbons (Fsp3) is 0.652. The summed E-state index contributed by atoms with van der Waals surface area (Å²) in [5.74, 6) is 1.07. The minimum Gasteiger partial charge on any atom is -0.478 e. The maximum absolute atomic E-state index is 14.6. The van der Waals surface area contributed by atoms with Gasteiger partial charge in [0.25, 0.3) is 5.91 Å². The molecule has 1 aromatic carbocycles. The summed E-state index contributed by atoms with van der Waals surface area (Å²) in [5, 5.41) is 26.8. The number of carbonyl (C=O) groups excluding carboxylic acids is 2. The molecule has 8 nitrogen and oxygen atoms in total. The molecule has 5 aliphatic carbocycles. The lowest BCUT2D eigenvalue weighted by atomic mass is 9.32. The minimum atomic E-state index is -1.08. The number of allylic oxidation sites excluding steroid dienone is 1. The number of benzene rings is 1. The Kier molecular flexibility index (Phi) is 9.97. The van der Waals surface area contributed by atoms with E-state index in [0.717, 1.165) is 44.1 Å². The van der Waals surface area contributed by atoms with E-state index in [2.05, 4.69) is 63.7 Å². The molecule has 4 unspecified atom stereocenters. The molecule has 1 aromatic heterocycles. The molecule has 0 aliphatic heterocycles. The quantitative estimate of drug-likeness (QED) is 0.192. The zero-order valence-corrected chi connectivity index (χ0v) is 33.5. The van der Waals surface area contributed by atoms with Crippen LogP contribution in [-0.4, -0.2) is 45.6 Å². The van der Waals surface area contributed by atoms with Crippen LogP contribution in [0.4, 0.5) is 0 Å². The number of aliphatic hydroxyl groups is 1. The first-order valence-corrected chi connectivity index (χ1v) is 20.7. The van der Waals surface area contributed by atoms with Crippen LogP contribution in [0.25, 0.3) is 0 Å². The highest BCUT2D eigenvalue weighted by molar-refractivity contribution is 5.94. The fourth-order valence-corrected chi connectivity index (χ4v) is 13.9. The second-order valence-electron chi connectivity index (χ2n) is 19.4. The van der Waals surface area contributed by atoms with Crippen LogP contribution in [0.3, 0.4) is 0 Å². The van der Waals surface area contributed by atoms with Crippen LogP contribution >= 0.6 is 0 Å². The first-order chi connectivity index (χ1) is 25.5. The number of pyridine rings is 1. The van der Waals surface area contributed by atoms with E-state index in [1.54, 1.807) is 12.1 Å². The predicted octanol–water partition coefficient (Wildman–Crippen LogP) is 8.39. The second kappa shape index (κ2) is 13.9. The summed E-state index contributed by atoms with van der Waals surface area (Å²) in [7, 11) is 0. The molecule has 2 amide bonds. The van der Waals surface area contributed by atoms with E-state index >= 15 is 0 Å². The van der Waals surface area contributed by atoms with Gasteiger partial charge in [-0.1, -0.05) is 58.9 Å². The lowest BCUT2D eigenvalue weighted by Crippen LogP contribution is -2.67. The largest absolute Gasteiger partial charge is 0.478 e. The normalized spacial score (nSPS) is 37.8. The number of rotatable bonds is 9. The average Bonchev–Trinajstić information content (AvgIpc) is 3.54. The molecule has 54 heavy (non-hydrogen) atoms. The predicted molar refractivity (Wildman–Crippen MR) is 210 cm³/mol. The highest BCUT2D eigenvalue weighted by atomic mass is 16.4. The molecule has 7 rings (SSSR count). The molecule has 2 aromatic rings. The van der Waals surface area contributed by atoms with Gasteiger partial charge in [-0.2, -0.15) is 0 Å². The number of aromatic carboxylic acids is 1. The maximum atomic E-state index is 14.6. The van der Waals surface area contributed by atoms with Crippen molar-refractivity contribution < 1.29 is 24.6 Å². The Morgan fingerprint density at radius 3 is 2.39 bits per heavy atom. The third-order valence-corrected chi connectivity index (χ3v) is 16.9. The van der Waals surface area contributed by atoms with Gasteiger partial charge in [0.05, 0.1) is 29.3 Å². The third-order valence-electron chi connectivity index (χ3n) is 16.9. The van der Waals surface area contributed by atoms with Crippen LogP contribution in [0.1, 0.15) is 138 Å². The molecule has 0 radical (unpaired) electrons. The van der Waals surface area contributed by atoms with Crippen LogP contribution in [0.2, 0.25) is 0 Å². The van der Waals surface area contributed by atoms with Crippen molar-refractivity contribution in [2.75, 3.05) is 6.54 Å². The molecule has 5 fully saturated rings. The first kappa shape index (κ1) is 38.7. The van der Waals surface area contributed by atoms with E-state index in [9.17, 15) is 24.6 Å². The second-order valence-corrected chi connectivity index (χ2v) is 19.4. The van der Waals surface area contributed by atoms with Crippen molar-refractivity contribution in [2.45, 2.75) is 125 Å². The molecular formula is C46H63N3O5. The number of hydrogen-bond acceptors (Lipinski definition) is 5. The van der Waals surface area contributed by atoms with Crippen LogP contribution in [0.5, 0.6) is 0 Å². The highest BCUT2D eigenvalue weighted by Gasteiger charge is 2.71. The Hall–Kier alpha value is -3.52. The van der Waals surface area contributed by atoms with Crippen molar-refractivity contribution in [2.24, 2.45) is 56.7 Å². The monoisotopic (exact) mass is 737 g/mol. The number of fused-ring (bicyclic) bond motifs is 7. The Labute approximate surface area is 322 Å². The zero-order chi connectivity index (χ0) is 38.8. The minimum absolute atomic E-state index is 0.0119. The molecule has 10 atom stereocenters. The molecular weight excluding hydrogens is 675 g/mol. The van der Waals surface area contributed by atoms with Gasteiger partial charge in [-0.25, -0.2) is 4.79 Å². The van der Waals surface area contributed by atoms with Crippen molar-refractivity contribution in [3.05, 3.63) is 77.1 Å². The number of nitrogens with zero attached hydrogens (tertiary/aromatic N) is 1. The molecule has 0 spiro atoms. The van der Waals surface area contributed by atoms with Gasteiger partial charge in [0, 0.05) is 18.3 Å². The summed E-state index contributed by atoms with van der Waals surface area (Å²) in [4.78, 5) is 43.4. The molecule has 1 heterocycles. The fourth-order valence-electron chi connectivity index (χ4n) is 13.9. The summed E-state index contributed by atoms with van der Waals surface area (Å²) in [6.07, 6.45) is 12.6. The van der Waals surface area contributed by atoms with E-state index in [1.807, 2.05) is 18.2 Å². The van der Waals surface area contributed by atoms with Crippen LogP contribution in [0, 0.1) is 56.7 Å². The van der Waals surface area contributed by atoms with Gasteiger partial charge in [-0.15, -0.1) is 0 Å². The van der Waals surface area contributed by atoms with Crippen molar-refractivity contribution >= 4 is 17.8 Å². The smallest absolute Gasteiger partial charge is 0.337 e. The van der Waals surface area contributed by atoms with Gasteiger partial charge < -0.3 is 20.8 Å². The van der Waals surface area contributed by atoms with Gasteiger partial charge in [-0.3, -0.25) is 14.6 Å². The summed E-state index contributed by atoms with van der Waals surface area (Å²) < 4.78 is 0. The van der Waals surface area contributed by atoms with Crippen molar-refractivity contribution in [1.29, 1.82) is 0 Å². The Morgan fingerprint density at radius 1 is 0.870 bits per heavy atom. The third kappa shape index (κ3) is 5.95. The van der Waals surface area contributed by atoms with Crippen molar-refractivity contribution in [1.82, 2.24) is 15.6 Å². The zero-order valence-electron chi connectivity index (χ0n) is 33.5. The van der Waals surface area contributed by atoms with E-state index in [0.29, 0.717) is 47.9 Å². The number of aliphatic hydroxyl groups excluding tert-OH is 1. The van der Waals surface area contributed by atoms with E-state index < -0.39 is 11.4 Å². The van der Waals surface area contributed by atoms with E-state index in [-0.39, 0.29) is 57.6 Å². The van der Waals surface area contributed by atoms with Gasteiger partial charge in [0.2, 0.25) is 5.91 Å². The standard InChI is InChI=1S/C46H63N3O5/c1-28(2)31-15-21-46(41(54)48-25-18-29-10-8-11-30(26-29)39(51)49-27-34-32(40(52)53)12-9-24-47-34)23-22-44(6)33(38(31)46)13-14-36-43(5)19-17-37(50)42(3,4)35(43)16-20-45(36,44)7/h8-12,24,26,31,33,35-38,50H,1,13-23,25,27H2,2-7H3,(H,48,54)(H,49,51)(H,52,53)/t31-,33?,35?,36?,37-,38?,43-,44+,45+,46-/m0/s1. The number of amides is 2. The topological polar surface area (TPSA) is 129 Å². The Morgan fingerprint density at radius 2 is 1.65 bits per heavy atom. The van der Waals surface area contributed by atoms with Gasteiger partial charge in [0.1, 0.15) is 0 Å². The molecule has 0 bridgehead atoms. The van der Waals surface area contributed by atoms with Gasteiger partial charge >= 0.3 is 5.97 Å². The van der Waals surface area contributed by atoms with Crippen LogP contribution in [0.15, 0.2) is 54.7 Å². The van der Waals surface area contributed by atoms with Gasteiger partial charge in [0.15, 0.2) is 0 Å². The Balaban J connectivity index is 1.05. The number of carboxylic acid groups (broad SMARTS) is 1. The highest BCUT2D eigenvalue weighted by Crippen LogP contribution is 2.77. The SMILES string of the molecule is C=C(C)[C@@H]1CC[C@]2(C(=O)NCCc3cccc(C(=O)NCc4ncccc4C(=O)O)c3)CC[C@]3(C)C(CCC4[C@@]5(C)CC[C@H](O)C(C)(C)C5CC[C@]43C)C12. The summed E-state index contributed by atoms with van der Waals surface area (Å²) in [5.41, 5.74) is 3.13. The molecule has 5 saturated carbocycles. The lowest BCUT2D eigenvalue weighted by molar-refractivity contribution is -0.246. The van der Waals surface area contributed by atoms with Crippen molar-refractivity contribution in [3.8, 4) is 0 Å². The van der Waals surface area contributed by atoms with E-state index in [4.69, 9.17) is 0 Å². The molecule has 8 heteroatoms. The number of carbonyl (C=O) groups is 3. The van der Waals surface area contributed by atoms with Crippen LogP contribution < -0.4 is 10.6 Å². The summed E-state index contributed by atoms with van der Waals surface area (Å²) in [6, 6.07) is 10.5. The van der Waals surface area contributed by atoms with Gasteiger partial charge in [-0.05, 0) is 159 Å². The lowest BCUT2D eigenvalue weighted by Gasteiger charge is -2.72. The Bertz CT molecular complexity index is 1820. The van der Waals surface area contributed by atoms with Crippen LogP contribution in [-0.2, 0) is 17.8 Å². The summed E-state index contributed by atoms with van der Waals surface area (Å²) >= 11 is 0.